The quantitative estimate of drug-likeness (QED) is 0.485. The average Bonchev–Trinajstić information content (AvgIpc) is 2.62. The van der Waals surface area contributed by atoms with Gasteiger partial charge in [0.2, 0.25) is 5.91 Å². The van der Waals surface area contributed by atoms with Gasteiger partial charge in [-0.05, 0) is 48.6 Å². The van der Waals surface area contributed by atoms with Gasteiger partial charge >= 0.3 is 0 Å². The van der Waals surface area contributed by atoms with Gasteiger partial charge in [0.1, 0.15) is 11.6 Å². The van der Waals surface area contributed by atoms with E-state index >= 15 is 0 Å². The summed E-state index contributed by atoms with van der Waals surface area (Å²) in [6.07, 6.45) is -1.13. The Labute approximate surface area is 153 Å². The maximum absolute atomic E-state index is 12.8. The third-order valence-electron chi connectivity index (χ3n) is 3.49. The number of carbonyl (C=O) groups is 2. The van der Waals surface area contributed by atoms with Crippen LogP contribution in [-0.4, -0.2) is 23.0 Å². The van der Waals surface area contributed by atoms with Crippen LogP contribution in [0.3, 0.4) is 0 Å². The zero-order valence-corrected chi connectivity index (χ0v) is 14.2. The predicted molar refractivity (Wildman–Crippen MR) is 98.0 cm³/mol. The second kappa shape index (κ2) is 7.79. The molecule has 0 bridgehead atoms. The molecular formula is C17H15FN4O3S. The molecule has 7 nitrogen and oxygen atoms in total. The summed E-state index contributed by atoms with van der Waals surface area (Å²) >= 11 is 5.03. The van der Waals surface area contributed by atoms with Gasteiger partial charge < -0.3 is 15.4 Å². The number of ether oxygens (including phenoxy) is 1. The summed E-state index contributed by atoms with van der Waals surface area (Å²) in [7, 11) is 0. The largest absolute Gasteiger partial charge is 0.478 e. The Bertz CT molecular complexity index is 844. The number of rotatable bonds is 3. The molecule has 1 atom stereocenters. The van der Waals surface area contributed by atoms with Crippen molar-refractivity contribution in [2.24, 2.45) is 0 Å². The van der Waals surface area contributed by atoms with Gasteiger partial charge in [-0.3, -0.25) is 20.4 Å². The van der Waals surface area contributed by atoms with Gasteiger partial charge in [0, 0.05) is 5.69 Å². The van der Waals surface area contributed by atoms with Crippen molar-refractivity contribution in [3.63, 3.8) is 0 Å². The van der Waals surface area contributed by atoms with E-state index in [2.05, 4.69) is 21.5 Å². The van der Waals surface area contributed by atoms with Crippen LogP contribution in [0.4, 0.5) is 15.8 Å². The SMILES string of the molecule is O=C(C[C@@H]1Oc2ccccc2NC1=O)NNC(=S)Nc1ccc(F)cc1. The molecule has 1 aliphatic rings. The van der Waals surface area contributed by atoms with Gasteiger partial charge in [-0.1, -0.05) is 12.1 Å². The van der Waals surface area contributed by atoms with Crippen molar-refractivity contribution in [3.05, 3.63) is 54.3 Å². The van der Waals surface area contributed by atoms with Gasteiger partial charge in [-0.2, -0.15) is 0 Å². The molecule has 0 aliphatic carbocycles. The number of hydrogen-bond donors (Lipinski definition) is 4. The number of para-hydroxylation sites is 2. The number of thiocarbonyl (C=S) groups is 1. The smallest absolute Gasteiger partial charge is 0.266 e. The van der Waals surface area contributed by atoms with Crippen molar-refractivity contribution in [1.29, 1.82) is 0 Å². The highest BCUT2D eigenvalue weighted by molar-refractivity contribution is 7.80. The number of amides is 2. The van der Waals surface area contributed by atoms with E-state index in [4.69, 9.17) is 17.0 Å². The summed E-state index contributed by atoms with van der Waals surface area (Å²) in [6.45, 7) is 0. The summed E-state index contributed by atoms with van der Waals surface area (Å²) in [5.41, 5.74) is 6.01. The molecule has 0 unspecified atom stereocenters. The third-order valence-corrected chi connectivity index (χ3v) is 3.70. The van der Waals surface area contributed by atoms with E-state index < -0.39 is 17.9 Å². The molecule has 26 heavy (non-hydrogen) atoms. The van der Waals surface area contributed by atoms with Crippen LogP contribution in [0, 0.1) is 5.82 Å². The van der Waals surface area contributed by atoms with Gasteiger partial charge in [0.25, 0.3) is 5.91 Å². The van der Waals surface area contributed by atoms with Crippen LogP contribution in [-0.2, 0) is 9.59 Å². The lowest BCUT2D eigenvalue weighted by Gasteiger charge is -2.25. The summed E-state index contributed by atoms with van der Waals surface area (Å²) in [5, 5.41) is 5.58. The lowest BCUT2D eigenvalue weighted by molar-refractivity contribution is -0.130. The van der Waals surface area contributed by atoms with E-state index in [9.17, 15) is 14.0 Å². The molecule has 9 heteroatoms. The van der Waals surface area contributed by atoms with Crippen molar-refractivity contribution in [2.45, 2.75) is 12.5 Å². The number of halogens is 1. The minimum absolute atomic E-state index is 0.115. The maximum Gasteiger partial charge on any atom is 0.266 e. The van der Waals surface area contributed by atoms with Crippen LogP contribution in [0.1, 0.15) is 6.42 Å². The molecule has 2 aromatic carbocycles. The minimum Gasteiger partial charge on any atom is -0.478 e. The van der Waals surface area contributed by atoms with Gasteiger partial charge in [-0.15, -0.1) is 0 Å². The van der Waals surface area contributed by atoms with Crippen molar-refractivity contribution in [3.8, 4) is 5.75 Å². The number of carbonyl (C=O) groups excluding carboxylic acids is 2. The fourth-order valence-corrected chi connectivity index (χ4v) is 2.44. The summed E-state index contributed by atoms with van der Waals surface area (Å²) in [6, 6.07) is 12.5. The first kappa shape index (κ1) is 17.6. The second-order valence-corrected chi connectivity index (χ2v) is 5.84. The number of hydrazine groups is 1. The average molecular weight is 374 g/mol. The molecular weight excluding hydrogens is 359 g/mol. The van der Waals surface area contributed by atoms with Crippen LogP contribution in [0.25, 0.3) is 0 Å². The molecule has 1 aliphatic heterocycles. The highest BCUT2D eigenvalue weighted by Crippen LogP contribution is 2.29. The molecule has 0 saturated carbocycles. The number of nitrogens with one attached hydrogen (secondary N) is 4. The van der Waals surface area contributed by atoms with Crippen molar-refractivity contribution in [2.75, 3.05) is 10.6 Å². The van der Waals surface area contributed by atoms with Crippen LogP contribution in [0.5, 0.6) is 5.75 Å². The molecule has 0 saturated heterocycles. The van der Waals surface area contributed by atoms with E-state index in [0.29, 0.717) is 17.1 Å². The molecule has 134 valence electrons. The topological polar surface area (TPSA) is 91.5 Å². The zero-order chi connectivity index (χ0) is 18.5. The lowest BCUT2D eigenvalue weighted by Crippen LogP contribution is -2.47. The molecule has 1 heterocycles. The summed E-state index contributed by atoms with van der Waals surface area (Å²) in [4.78, 5) is 24.0. The Morgan fingerprint density at radius 2 is 1.88 bits per heavy atom. The monoisotopic (exact) mass is 374 g/mol. The number of benzene rings is 2. The normalized spacial score (nSPS) is 15.1. The predicted octanol–water partition coefficient (Wildman–Crippen LogP) is 1.93. The second-order valence-electron chi connectivity index (χ2n) is 5.43. The Balaban J connectivity index is 1.47. The number of hydrogen-bond acceptors (Lipinski definition) is 4. The first-order valence-corrected chi connectivity index (χ1v) is 8.10. The Hall–Kier alpha value is -3.20. The fourth-order valence-electron chi connectivity index (χ4n) is 2.27. The van der Waals surface area contributed by atoms with E-state index in [1.165, 1.54) is 24.3 Å². The van der Waals surface area contributed by atoms with E-state index in [1.54, 1.807) is 24.3 Å². The number of fused-ring (bicyclic) bond motifs is 1. The molecule has 0 fully saturated rings. The van der Waals surface area contributed by atoms with Crippen LogP contribution < -0.4 is 26.2 Å². The highest BCUT2D eigenvalue weighted by Gasteiger charge is 2.29. The van der Waals surface area contributed by atoms with Crippen LogP contribution in [0.15, 0.2) is 48.5 Å². The molecule has 3 rings (SSSR count). The van der Waals surface area contributed by atoms with Gasteiger partial charge in [-0.25, -0.2) is 4.39 Å². The molecule has 0 spiro atoms. The number of anilines is 2. The Kier molecular flexibility index (Phi) is 5.28. The first-order valence-electron chi connectivity index (χ1n) is 7.69. The van der Waals surface area contributed by atoms with Crippen molar-refractivity contribution in [1.82, 2.24) is 10.9 Å². The van der Waals surface area contributed by atoms with Crippen LogP contribution >= 0.6 is 12.2 Å². The molecule has 4 N–H and O–H groups in total. The standard InChI is InChI=1S/C17H15FN4O3S/c18-10-5-7-11(8-6-10)19-17(26)22-21-15(23)9-14-16(24)20-12-3-1-2-4-13(12)25-14/h1-8,14H,9H2,(H,20,24)(H,21,23)(H2,19,22,26)/t14-/m0/s1. The lowest BCUT2D eigenvalue weighted by atomic mass is 10.1. The third kappa shape index (κ3) is 4.45. The van der Waals surface area contributed by atoms with E-state index in [0.717, 1.165) is 0 Å². The molecule has 2 amide bonds. The maximum atomic E-state index is 12.8. The molecule has 0 radical (unpaired) electrons. The Morgan fingerprint density at radius 3 is 2.65 bits per heavy atom. The van der Waals surface area contributed by atoms with Crippen molar-refractivity contribution < 1.29 is 18.7 Å². The first-order chi connectivity index (χ1) is 12.5. The highest BCUT2D eigenvalue weighted by atomic mass is 32.1. The van der Waals surface area contributed by atoms with Gasteiger partial charge in [0.05, 0.1) is 12.1 Å². The van der Waals surface area contributed by atoms with Crippen LogP contribution in [0.2, 0.25) is 0 Å². The fraction of sp³-hybridized carbons (Fsp3) is 0.118. The van der Waals surface area contributed by atoms with E-state index in [-0.39, 0.29) is 17.4 Å². The summed E-state index contributed by atoms with van der Waals surface area (Å²) in [5.74, 6) is -0.736. The van der Waals surface area contributed by atoms with E-state index in [1.807, 2.05) is 0 Å². The summed E-state index contributed by atoms with van der Waals surface area (Å²) < 4.78 is 18.4. The Morgan fingerprint density at radius 1 is 1.15 bits per heavy atom. The minimum atomic E-state index is -0.940. The van der Waals surface area contributed by atoms with Gasteiger partial charge in [0.15, 0.2) is 11.2 Å². The molecule has 0 aromatic heterocycles. The molecule has 2 aromatic rings. The zero-order valence-electron chi connectivity index (χ0n) is 13.4. The van der Waals surface area contributed by atoms with Crippen molar-refractivity contribution >= 4 is 40.5 Å².